The highest BCUT2D eigenvalue weighted by molar-refractivity contribution is 6.39. The van der Waals surface area contributed by atoms with Gasteiger partial charge in [-0.25, -0.2) is 0 Å². The number of amides is 1. The predicted molar refractivity (Wildman–Crippen MR) is 100 cm³/mol. The summed E-state index contributed by atoms with van der Waals surface area (Å²) in [6.07, 6.45) is 5.07. The van der Waals surface area contributed by atoms with Crippen molar-refractivity contribution in [1.29, 1.82) is 0 Å². The van der Waals surface area contributed by atoms with Gasteiger partial charge in [-0.3, -0.25) is 9.78 Å². The molecule has 2 rings (SSSR count). The lowest BCUT2D eigenvalue weighted by atomic mass is 10.2. The van der Waals surface area contributed by atoms with Crippen molar-refractivity contribution in [1.82, 2.24) is 9.88 Å². The number of rotatable bonds is 7. The van der Waals surface area contributed by atoms with E-state index in [-0.39, 0.29) is 5.91 Å². The average Bonchev–Trinajstić information content (AvgIpc) is 2.58. The maximum atomic E-state index is 12.7. The van der Waals surface area contributed by atoms with E-state index >= 15 is 0 Å². The molecular formula is C18H21Cl2N3O. The maximum absolute atomic E-state index is 12.7. The summed E-state index contributed by atoms with van der Waals surface area (Å²) in [5.74, 6) is -0.0138. The quantitative estimate of drug-likeness (QED) is 0.714. The van der Waals surface area contributed by atoms with Gasteiger partial charge in [0.05, 0.1) is 33.2 Å². The van der Waals surface area contributed by atoms with E-state index in [0.29, 0.717) is 27.0 Å². The van der Waals surface area contributed by atoms with E-state index in [0.717, 1.165) is 25.9 Å². The van der Waals surface area contributed by atoms with Crippen LogP contribution in [-0.4, -0.2) is 28.9 Å². The van der Waals surface area contributed by atoms with Crippen molar-refractivity contribution in [2.45, 2.75) is 26.7 Å². The smallest absolute Gasteiger partial charge is 0.255 e. The zero-order valence-corrected chi connectivity index (χ0v) is 15.4. The van der Waals surface area contributed by atoms with Crippen LogP contribution in [0.5, 0.6) is 0 Å². The molecule has 1 N–H and O–H groups in total. The Bertz CT molecular complexity index is 680. The third-order valence-electron chi connectivity index (χ3n) is 3.49. The van der Waals surface area contributed by atoms with Gasteiger partial charge in [-0.2, -0.15) is 0 Å². The minimum absolute atomic E-state index is 0.0138. The Labute approximate surface area is 152 Å². The van der Waals surface area contributed by atoms with Crippen molar-refractivity contribution < 1.29 is 4.79 Å². The van der Waals surface area contributed by atoms with Crippen LogP contribution < -0.4 is 5.32 Å². The first-order chi connectivity index (χ1) is 11.6. The predicted octanol–water partition coefficient (Wildman–Crippen LogP) is 5.39. The van der Waals surface area contributed by atoms with Gasteiger partial charge in [0.15, 0.2) is 0 Å². The summed E-state index contributed by atoms with van der Waals surface area (Å²) >= 11 is 12.3. The largest absolute Gasteiger partial charge is 0.352 e. The van der Waals surface area contributed by atoms with Crippen LogP contribution in [0.1, 0.15) is 37.0 Å². The van der Waals surface area contributed by atoms with Gasteiger partial charge in [-0.1, -0.05) is 43.1 Å². The minimum atomic E-state index is -0.0138. The first-order valence-electron chi connectivity index (χ1n) is 8.02. The first kappa shape index (κ1) is 18.6. The number of hydrogen-bond acceptors (Lipinski definition) is 3. The zero-order valence-electron chi connectivity index (χ0n) is 13.9. The van der Waals surface area contributed by atoms with E-state index in [9.17, 15) is 4.79 Å². The van der Waals surface area contributed by atoms with Crippen LogP contribution in [-0.2, 0) is 0 Å². The van der Waals surface area contributed by atoms with Crippen LogP contribution in [0.15, 0.2) is 36.7 Å². The van der Waals surface area contributed by atoms with Crippen LogP contribution in [0.4, 0.5) is 11.4 Å². The van der Waals surface area contributed by atoms with Crippen molar-refractivity contribution in [2.24, 2.45) is 0 Å². The van der Waals surface area contributed by atoms with Gasteiger partial charge < -0.3 is 10.2 Å². The molecule has 1 heterocycles. The number of carbonyl (C=O) groups is 1. The van der Waals surface area contributed by atoms with E-state index in [1.54, 1.807) is 36.7 Å². The summed E-state index contributed by atoms with van der Waals surface area (Å²) in [6, 6.07) is 7.06. The van der Waals surface area contributed by atoms with Crippen molar-refractivity contribution in [3.8, 4) is 0 Å². The molecule has 0 atom stereocenters. The molecule has 2 aromatic rings. The topological polar surface area (TPSA) is 45.2 Å². The van der Waals surface area contributed by atoms with E-state index in [1.807, 2.05) is 4.90 Å². The minimum Gasteiger partial charge on any atom is -0.352 e. The van der Waals surface area contributed by atoms with Gasteiger partial charge in [-0.05, 0) is 31.0 Å². The summed E-state index contributed by atoms with van der Waals surface area (Å²) in [5.41, 5.74) is 1.82. The number of anilines is 2. The number of aromatic nitrogens is 1. The Kier molecular flexibility index (Phi) is 6.88. The van der Waals surface area contributed by atoms with E-state index in [1.165, 1.54) is 0 Å². The molecule has 4 nitrogen and oxygen atoms in total. The Balaban J connectivity index is 2.23. The van der Waals surface area contributed by atoms with E-state index in [2.05, 4.69) is 24.1 Å². The molecule has 0 aliphatic heterocycles. The van der Waals surface area contributed by atoms with Gasteiger partial charge in [0.1, 0.15) is 0 Å². The maximum Gasteiger partial charge on any atom is 0.255 e. The average molecular weight is 366 g/mol. The third-order valence-corrected chi connectivity index (χ3v) is 4.12. The molecule has 1 amide bonds. The first-order valence-corrected chi connectivity index (χ1v) is 8.77. The Morgan fingerprint density at radius 1 is 1.12 bits per heavy atom. The fraction of sp³-hybridized carbons (Fsp3) is 0.333. The Hall–Kier alpha value is -1.78. The second kappa shape index (κ2) is 8.90. The summed E-state index contributed by atoms with van der Waals surface area (Å²) in [7, 11) is 0. The lowest BCUT2D eigenvalue weighted by Gasteiger charge is -2.21. The normalized spacial score (nSPS) is 10.5. The molecule has 0 fully saturated rings. The summed E-state index contributed by atoms with van der Waals surface area (Å²) < 4.78 is 0. The van der Waals surface area contributed by atoms with Gasteiger partial charge in [0.25, 0.3) is 5.91 Å². The monoisotopic (exact) mass is 365 g/mol. The molecule has 0 unspecified atom stereocenters. The van der Waals surface area contributed by atoms with Crippen molar-refractivity contribution in [3.05, 3.63) is 52.3 Å². The SMILES string of the molecule is CCCN(CCC)C(=O)c1cncc(Nc2c(Cl)cccc2Cl)c1. The second-order valence-corrected chi connectivity index (χ2v) is 6.29. The fourth-order valence-electron chi connectivity index (χ4n) is 2.42. The molecule has 0 aliphatic carbocycles. The highest BCUT2D eigenvalue weighted by Crippen LogP contribution is 2.32. The standard InChI is InChI=1S/C18H21Cl2N3O/c1-3-8-23(9-4-2)18(24)13-10-14(12-21-11-13)22-17-15(19)6-5-7-16(17)20/h5-7,10-12,22H,3-4,8-9H2,1-2H3. The zero-order chi connectivity index (χ0) is 17.5. The Morgan fingerprint density at radius 3 is 2.33 bits per heavy atom. The molecule has 0 radical (unpaired) electrons. The van der Waals surface area contributed by atoms with Gasteiger partial charge >= 0.3 is 0 Å². The van der Waals surface area contributed by atoms with Crippen LogP contribution in [0.2, 0.25) is 10.0 Å². The lowest BCUT2D eigenvalue weighted by molar-refractivity contribution is 0.0755. The molecule has 6 heteroatoms. The molecule has 24 heavy (non-hydrogen) atoms. The third kappa shape index (κ3) is 4.62. The molecule has 0 bridgehead atoms. The number of halogens is 2. The summed E-state index contributed by atoms with van der Waals surface area (Å²) in [4.78, 5) is 18.7. The highest BCUT2D eigenvalue weighted by Gasteiger charge is 2.15. The number of nitrogens with one attached hydrogen (secondary N) is 1. The van der Waals surface area contributed by atoms with Gasteiger partial charge in [-0.15, -0.1) is 0 Å². The molecular weight excluding hydrogens is 345 g/mol. The van der Waals surface area contributed by atoms with Gasteiger partial charge in [0.2, 0.25) is 0 Å². The molecule has 0 spiro atoms. The molecule has 0 saturated heterocycles. The van der Waals surface area contributed by atoms with Crippen molar-refractivity contribution in [3.63, 3.8) is 0 Å². The molecule has 0 aliphatic rings. The fourth-order valence-corrected chi connectivity index (χ4v) is 2.92. The summed E-state index contributed by atoms with van der Waals surface area (Å²) in [6.45, 7) is 5.60. The highest BCUT2D eigenvalue weighted by atomic mass is 35.5. The second-order valence-electron chi connectivity index (χ2n) is 5.48. The number of carbonyl (C=O) groups excluding carboxylic acids is 1. The van der Waals surface area contributed by atoms with Crippen molar-refractivity contribution in [2.75, 3.05) is 18.4 Å². The van der Waals surface area contributed by atoms with Gasteiger partial charge in [0, 0.05) is 19.3 Å². The number of hydrogen-bond donors (Lipinski definition) is 1. The van der Waals surface area contributed by atoms with E-state index in [4.69, 9.17) is 23.2 Å². The van der Waals surface area contributed by atoms with Crippen LogP contribution in [0.3, 0.4) is 0 Å². The number of pyridine rings is 1. The lowest BCUT2D eigenvalue weighted by Crippen LogP contribution is -2.32. The van der Waals surface area contributed by atoms with Crippen LogP contribution >= 0.6 is 23.2 Å². The molecule has 128 valence electrons. The summed E-state index contributed by atoms with van der Waals surface area (Å²) in [5, 5.41) is 4.17. The number of nitrogens with zero attached hydrogens (tertiary/aromatic N) is 2. The van der Waals surface area contributed by atoms with Crippen molar-refractivity contribution >= 4 is 40.5 Å². The number of benzene rings is 1. The molecule has 0 saturated carbocycles. The van der Waals surface area contributed by atoms with E-state index < -0.39 is 0 Å². The Morgan fingerprint density at radius 2 is 1.75 bits per heavy atom. The van der Waals surface area contributed by atoms with Crippen LogP contribution in [0.25, 0.3) is 0 Å². The number of para-hydroxylation sites is 1. The molecule has 1 aromatic heterocycles. The molecule has 1 aromatic carbocycles. The van der Waals surface area contributed by atoms with Crippen LogP contribution in [0, 0.1) is 0 Å².